The van der Waals surface area contributed by atoms with Gasteiger partial charge in [-0.15, -0.1) is 0 Å². The summed E-state index contributed by atoms with van der Waals surface area (Å²) in [5.41, 5.74) is 4.89. The zero-order valence-corrected chi connectivity index (χ0v) is 24.9. The van der Waals surface area contributed by atoms with Crippen molar-refractivity contribution in [3.8, 4) is 0 Å². The van der Waals surface area contributed by atoms with E-state index in [1.807, 2.05) is 36.4 Å². The lowest BCUT2D eigenvalue weighted by atomic mass is 9.89. The molecule has 220 valence electrons. The molecule has 2 saturated heterocycles. The summed E-state index contributed by atoms with van der Waals surface area (Å²) in [6, 6.07) is 20.3. The molecule has 0 unspecified atom stereocenters. The van der Waals surface area contributed by atoms with E-state index in [2.05, 4.69) is 58.5 Å². The number of carbonyl (C=O) groups excluding carboxylic acids is 4. The van der Waals surface area contributed by atoms with Gasteiger partial charge < -0.3 is 20.4 Å². The number of nitrogens with one attached hydrogen (secondary N) is 2. The zero-order valence-electron chi connectivity index (χ0n) is 24.9. The van der Waals surface area contributed by atoms with Gasteiger partial charge in [-0.05, 0) is 49.7 Å². The first-order valence-corrected chi connectivity index (χ1v) is 14.8. The van der Waals surface area contributed by atoms with E-state index in [-0.39, 0.29) is 35.5 Å². The molecule has 2 fully saturated rings. The Labute approximate surface area is 247 Å². The lowest BCUT2D eigenvalue weighted by molar-refractivity contribution is -0.122. The molecule has 6 rings (SSSR count). The van der Waals surface area contributed by atoms with Crippen LogP contribution in [-0.2, 0) is 32.3 Å². The van der Waals surface area contributed by atoms with Gasteiger partial charge in [-0.25, -0.2) is 0 Å². The van der Waals surface area contributed by atoms with Gasteiger partial charge in [0.15, 0.2) is 11.6 Å². The largest absolute Gasteiger partial charge is 0.368 e. The average Bonchev–Trinajstić information content (AvgIpc) is 3.52. The third-order valence-corrected chi connectivity index (χ3v) is 8.79. The Balaban J connectivity index is 0.000000168. The highest BCUT2D eigenvalue weighted by atomic mass is 16.2. The van der Waals surface area contributed by atoms with Crippen molar-refractivity contribution in [1.82, 2.24) is 20.4 Å². The van der Waals surface area contributed by atoms with Crippen molar-refractivity contribution in [3.05, 3.63) is 94.3 Å². The number of rotatable bonds is 6. The molecule has 0 aliphatic carbocycles. The van der Waals surface area contributed by atoms with Crippen molar-refractivity contribution in [3.63, 3.8) is 0 Å². The van der Waals surface area contributed by atoms with Crippen LogP contribution in [0.3, 0.4) is 0 Å². The van der Waals surface area contributed by atoms with E-state index in [1.165, 1.54) is 25.0 Å². The second kappa shape index (κ2) is 12.3. The smallest absolute Gasteiger partial charge is 0.257 e. The summed E-state index contributed by atoms with van der Waals surface area (Å²) < 4.78 is 0. The lowest BCUT2D eigenvalue weighted by Crippen LogP contribution is -2.45. The molecule has 2 aromatic carbocycles. The summed E-state index contributed by atoms with van der Waals surface area (Å²) in [5, 5.41) is 5.95. The number of Topliss-reactive ketones (excluding diaryl/α,β-unsaturated/α-hetero) is 2. The molecule has 4 atom stereocenters. The van der Waals surface area contributed by atoms with Crippen LogP contribution < -0.4 is 10.6 Å². The van der Waals surface area contributed by atoms with Crippen molar-refractivity contribution in [2.45, 2.75) is 65.7 Å². The van der Waals surface area contributed by atoms with Gasteiger partial charge in [0.1, 0.15) is 11.1 Å². The van der Waals surface area contributed by atoms with Gasteiger partial charge in [0.2, 0.25) is 0 Å². The third-order valence-electron chi connectivity index (χ3n) is 8.79. The summed E-state index contributed by atoms with van der Waals surface area (Å²) in [6.45, 7) is 10.5. The number of likely N-dealkylation sites (tertiary alicyclic amines) is 2. The van der Waals surface area contributed by atoms with Crippen LogP contribution in [0.1, 0.15) is 51.7 Å². The molecule has 2 N–H and O–H groups in total. The van der Waals surface area contributed by atoms with E-state index in [0.29, 0.717) is 23.0 Å². The van der Waals surface area contributed by atoms with Crippen LogP contribution in [-0.4, -0.2) is 58.4 Å². The zero-order chi connectivity index (χ0) is 30.0. The summed E-state index contributed by atoms with van der Waals surface area (Å²) in [4.78, 5) is 52.3. The van der Waals surface area contributed by atoms with Gasteiger partial charge in [-0.2, -0.15) is 0 Å². The fourth-order valence-corrected chi connectivity index (χ4v) is 6.55. The predicted molar refractivity (Wildman–Crippen MR) is 161 cm³/mol. The van der Waals surface area contributed by atoms with Crippen LogP contribution in [0.4, 0.5) is 0 Å². The number of amides is 2. The Kier molecular flexibility index (Phi) is 8.61. The molecule has 4 heterocycles. The van der Waals surface area contributed by atoms with E-state index in [0.717, 1.165) is 50.4 Å². The van der Waals surface area contributed by atoms with Gasteiger partial charge in [-0.3, -0.25) is 19.2 Å². The number of fused-ring (bicyclic) bond motifs is 2. The van der Waals surface area contributed by atoms with Gasteiger partial charge in [0, 0.05) is 26.2 Å². The summed E-state index contributed by atoms with van der Waals surface area (Å²) in [7, 11) is 0. The Morgan fingerprint density at radius 1 is 0.667 bits per heavy atom. The average molecular weight is 569 g/mol. The maximum Gasteiger partial charge on any atom is 0.257 e. The molecule has 0 radical (unpaired) electrons. The molecule has 0 saturated carbocycles. The van der Waals surface area contributed by atoms with E-state index in [4.69, 9.17) is 0 Å². The first kappa shape index (κ1) is 29.3. The SMILES string of the molecule is CC(=O)C1=C2[C@H](NC1=O)[C@@H](C)CCN2Cc1ccccc1.CC(=O)C1=C2[C@H](NC1=O)[C@@H](C)CCN2Cc1ccccc1. The number of hydrogen-bond donors (Lipinski definition) is 2. The van der Waals surface area contributed by atoms with Crippen molar-refractivity contribution in [2.75, 3.05) is 13.1 Å². The summed E-state index contributed by atoms with van der Waals surface area (Å²) in [6.07, 6.45) is 2.04. The van der Waals surface area contributed by atoms with Crippen LogP contribution in [0.25, 0.3) is 0 Å². The van der Waals surface area contributed by atoms with Crippen molar-refractivity contribution in [2.24, 2.45) is 11.8 Å². The van der Waals surface area contributed by atoms with Crippen LogP contribution in [0, 0.1) is 11.8 Å². The molecule has 8 heteroatoms. The Hall–Kier alpha value is -4.20. The minimum Gasteiger partial charge on any atom is -0.368 e. The molecule has 2 aromatic rings. The molecular weight excluding hydrogens is 528 g/mol. The van der Waals surface area contributed by atoms with E-state index >= 15 is 0 Å². The third kappa shape index (κ3) is 5.89. The Morgan fingerprint density at radius 3 is 1.36 bits per heavy atom. The highest BCUT2D eigenvalue weighted by Crippen LogP contribution is 2.35. The fourth-order valence-electron chi connectivity index (χ4n) is 6.55. The van der Waals surface area contributed by atoms with E-state index in [1.54, 1.807) is 0 Å². The first-order chi connectivity index (χ1) is 20.2. The maximum absolute atomic E-state index is 12.1. The molecule has 2 amide bonds. The van der Waals surface area contributed by atoms with Crippen LogP contribution in [0.15, 0.2) is 83.2 Å². The quantitative estimate of drug-likeness (QED) is 0.516. The standard InChI is InChI=1S/2C17H20N2O2/c2*1-11-8-9-19(10-13-6-4-3-5-7-13)16-14(12(2)20)17(21)18-15(11)16/h2*3-7,11,15H,8-10H2,1-2H3,(H,18,21)/t2*11-,15+/m00/s1. The number of ketones is 2. The normalized spacial score (nSPS) is 24.9. The van der Waals surface area contributed by atoms with Gasteiger partial charge in [0.25, 0.3) is 11.8 Å². The Morgan fingerprint density at radius 2 is 1.02 bits per heavy atom. The monoisotopic (exact) mass is 568 g/mol. The van der Waals surface area contributed by atoms with Crippen molar-refractivity contribution in [1.29, 1.82) is 0 Å². The summed E-state index contributed by atoms with van der Waals surface area (Å²) >= 11 is 0. The number of piperidine rings is 2. The minimum atomic E-state index is -0.214. The predicted octanol–water partition coefficient (Wildman–Crippen LogP) is 3.74. The first-order valence-electron chi connectivity index (χ1n) is 14.8. The lowest BCUT2D eigenvalue weighted by Gasteiger charge is -2.38. The molecule has 4 aliphatic rings. The molecule has 42 heavy (non-hydrogen) atoms. The van der Waals surface area contributed by atoms with E-state index in [9.17, 15) is 19.2 Å². The van der Waals surface area contributed by atoms with Crippen molar-refractivity contribution >= 4 is 23.4 Å². The molecule has 0 spiro atoms. The summed E-state index contributed by atoms with van der Waals surface area (Å²) in [5.74, 6) is 0.0265. The Bertz CT molecular complexity index is 1320. The van der Waals surface area contributed by atoms with Crippen LogP contribution >= 0.6 is 0 Å². The van der Waals surface area contributed by atoms with E-state index < -0.39 is 0 Å². The molecule has 0 aromatic heterocycles. The van der Waals surface area contributed by atoms with Crippen molar-refractivity contribution < 1.29 is 19.2 Å². The number of hydrogen-bond acceptors (Lipinski definition) is 6. The molecular formula is C34H40N4O4. The van der Waals surface area contributed by atoms with Gasteiger partial charge >= 0.3 is 0 Å². The number of benzene rings is 2. The van der Waals surface area contributed by atoms with Crippen LogP contribution in [0.2, 0.25) is 0 Å². The number of nitrogens with zero attached hydrogens (tertiary/aromatic N) is 2. The number of carbonyl (C=O) groups is 4. The molecule has 8 nitrogen and oxygen atoms in total. The molecule has 0 bridgehead atoms. The molecule has 4 aliphatic heterocycles. The van der Waals surface area contributed by atoms with Gasteiger partial charge in [-0.1, -0.05) is 74.5 Å². The highest BCUT2D eigenvalue weighted by molar-refractivity contribution is 6.21. The minimum absolute atomic E-state index is 0.0196. The maximum atomic E-state index is 12.1. The second-order valence-electron chi connectivity index (χ2n) is 11.9. The highest BCUT2D eigenvalue weighted by Gasteiger charge is 2.43. The topological polar surface area (TPSA) is 98.8 Å². The second-order valence-corrected chi connectivity index (χ2v) is 11.9. The van der Waals surface area contributed by atoms with Gasteiger partial charge in [0.05, 0.1) is 23.5 Å². The fraction of sp³-hybridized carbons (Fsp3) is 0.412. The van der Waals surface area contributed by atoms with Crippen LogP contribution in [0.5, 0.6) is 0 Å².